The van der Waals surface area contributed by atoms with Crippen LogP contribution in [0.5, 0.6) is 0 Å². The summed E-state index contributed by atoms with van der Waals surface area (Å²) in [5.41, 5.74) is 13.6. The van der Waals surface area contributed by atoms with Crippen LogP contribution in [0.1, 0.15) is 11.1 Å². The van der Waals surface area contributed by atoms with E-state index < -0.39 is 47.7 Å². The molecule has 0 spiro atoms. The molecule has 63 heavy (non-hydrogen) atoms. The van der Waals surface area contributed by atoms with E-state index in [1.807, 2.05) is 60.7 Å². The van der Waals surface area contributed by atoms with Crippen molar-refractivity contribution in [3.63, 3.8) is 0 Å². The second kappa shape index (κ2) is 36.4. The first-order valence-electron chi connectivity index (χ1n) is 20.7. The molecule has 0 radical (unpaired) electrons. The van der Waals surface area contributed by atoms with E-state index in [2.05, 4.69) is 21.3 Å². The molecule has 2 aromatic rings. The van der Waals surface area contributed by atoms with Crippen LogP contribution in [0.2, 0.25) is 0 Å². The van der Waals surface area contributed by atoms with Gasteiger partial charge in [0.05, 0.1) is 118 Å². The lowest BCUT2D eigenvalue weighted by Crippen LogP contribution is -2.46. The molecule has 0 heterocycles. The number of nitrogens with two attached hydrogens (primary N) is 2. The third-order valence-electron chi connectivity index (χ3n) is 8.19. The average molecular weight is 893 g/mol. The van der Waals surface area contributed by atoms with Crippen LogP contribution >= 0.6 is 0 Å². The number of carbonyl (C=O) groups excluding carboxylic acids is 6. The molecule has 8 N–H and O–H groups in total. The monoisotopic (exact) mass is 892 g/mol. The van der Waals surface area contributed by atoms with E-state index in [1.165, 1.54) is 0 Å². The van der Waals surface area contributed by atoms with Gasteiger partial charge in [-0.3, -0.25) is 28.8 Å². The molecule has 2 atom stereocenters. The van der Waals surface area contributed by atoms with Gasteiger partial charge in [0, 0.05) is 0 Å². The van der Waals surface area contributed by atoms with Gasteiger partial charge in [0.1, 0.15) is 26.3 Å². The molecule has 0 aliphatic rings. The predicted octanol–water partition coefficient (Wildman–Crippen LogP) is -2.21. The quantitative estimate of drug-likeness (QED) is 0.0308. The summed E-state index contributed by atoms with van der Waals surface area (Å²) >= 11 is 0. The highest BCUT2D eigenvalue weighted by Crippen LogP contribution is 2.03. The van der Waals surface area contributed by atoms with Crippen LogP contribution in [0.4, 0.5) is 0 Å². The average Bonchev–Trinajstić information content (AvgIpc) is 3.29. The fraction of sp³-hybridized carbons (Fsp3) is 0.571. The van der Waals surface area contributed by atoms with Gasteiger partial charge in [0.25, 0.3) is 0 Å². The minimum Gasteiger partial charge on any atom is -0.462 e. The molecule has 0 unspecified atom stereocenters. The molecule has 4 amide bonds. The van der Waals surface area contributed by atoms with Crippen molar-refractivity contribution in [3.8, 4) is 0 Å². The van der Waals surface area contributed by atoms with Crippen molar-refractivity contribution >= 4 is 35.6 Å². The number of carbonyl (C=O) groups is 6. The Morgan fingerprint density at radius 1 is 0.381 bits per heavy atom. The van der Waals surface area contributed by atoms with Gasteiger partial charge in [-0.1, -0.05) is 60.7 Å². The van der Waals surface area contributed by atoms with E-state index in [0.717, 1.165) is 11.1 Å². The van der Waals surface area contributed by atoms with Crippen molar-refractivity contribution in [3.05, 3.63) is 71.8 Å². The Hall–Kier alpha value is -5.10. The van der Waals surface area contributed by atoms with Crippen LogP contribution in [0.3, 0.4) is 0 Å². The maximum atomic E-state index is 12.1. The number of ether oxygens (including phenoxy) is 9. The summed E-state index contributed by atoms with van der Waals surface area (Å²) in [6.45, 7) is 3.39. The second-order valence-corrected chi connectivity index (χ2v) is 13.3. The standard InChI is InChI=1S/C42H64N6O15/c43-35(27-33-7-3-1-4-8-33)41(53)47-29-37(49)45-31-39(51)62-25-23-60-21-19-58-17-15-56-13-11-55-12-14-57-16-18-59-20-22-61-24-26-63-40(52)32-46-38(50)30-48-42(54)36(44)28-34-9-5-2-6-10-34/h1-10,35-36H,11-32,43-44H2,(H,45,49)(H,46,50)(H,47,53)(H,48,54)/t35-,36-/m0/s1. The summed E-state index contributed by atoms with van der Waals surface area (Å²) in [7, 11) is 0. The number of rotatable bonds is 38. The van der Waals surface area contributed by atoms with Crippen LogP contribution in [0.15, 0.2) is 60.7 Å². The molecular weight excluding hydrogens is 828 g/mol. The highest BCUT2D eigenvalue weighted by molar-refractivity contribution is 5.89. The van der Waals surface area contributed by atoms with Crippen LogP contribution < -0.4 is 32.7 Å². The first-order valence-corrected chi connectivity index (χ1v) is 20.7. The second-order valence-electron chi connectivity index (χ2n) is 13.3. The zero-order valence-corrected chi connectivity index (χ0v) is 35.8. The van der Waals surface area contributed by atoms with Gasteiger partial charge in [0.2, 0.25) is 23.6 Å². The van der Waals surface area contributed by atoms with Crippen LogP contribution in [0.25, 0.3) is 0 Å². The Labute approximate surface area is 367 Å². The topological polar surface area (TPSA) is 286 Å². The summed E-state index contributed by atoms with van der Waals surface area (Å²) in [6.07, 6.45) is 0.671. The van der Waals surface area contributed by atoms with E-state index in [9.17, 15) is 28.8 Å². The molecular formula is C42H64N6O15. The van der Waals surface area contributed by atoms with Gasteiger partial charge in [-0.05, 0) is 24.0 Å². The molecule has 21 heteroatoms. The minimum atomic E-state index is -0.803. The Morgan fingerprint density at radius 3 is 0.937 bits per heavy atom. The van der Waals surface area contributed by atoms with Gasteiger partial charge in [0.15, 0.2) is 0 Å². The van der Waals surface area contributed by atoms with Gasteiger partial charge >= 0.3 is 11.9 Å². The van der Waals surface area contributed by atoms with Crippen molar-refractivity contribution < 1.29 is 71.4 Å². The molecule has 0 aliphatic heterocycles. The smallest absolute Gasteiger partial charge is 0.325 e. The molecule has 0 bridgehead atoms. The number of nitrogens with one attached hydrogen (secondary N) is 4. The molecule has 0 saturated carbocycles. The third kappa shape index (κ3) is 30.6. The first-order chi connectivity index (χ1) is 30.6. The molecule has 0 aromatic heterocycles. The maximum Gasteiger partial charge on any atom is 0.325 e. The summed E-state index contributed by atoms with van der Waals surface area (Å²) < 4.78 is 47.9. The lowest BCUT2D eigenvalue weighted by Gasteiger charge is -2.12. The summed E-state index contributed by atoms with van der Waals surface area (Å²) in [5, 5.41) is 9.64. The zero-order valence-electron chi connectivity index (χ0n) is 35.8. The van der Waals surface area contributed by atoms with Crippen molar-refractivity contribution in [1.82, 2.24) is 21.3 Å². The molecule has 0 saturated heterocycles. The molecule has 352 valence electrons. The van der Waals surface area contributed by atoms with Crippen LogP contribution in [-0.2, 0) is 84.2 Å². The highest BCUT2D eigenvalue weighted by atomic mass is 16.6. The summed E-state index contributed by atoms with van der Waals surface area (Å²) in [4.78, 5) is 71.7. The molecule has 2 aromatic carbocycles. The van der Waals surface area contributed by atoms with Gasteiger partial charge in [-0.2, -0.15) is 0 Å². The first kappa shape index (κ1) is 54.0. The van der Waals surface area contributed by atoms with E-state index in [4.69, 9.17) is 54.1 Å². The molecule has 21 nitrogen and oxygen atoms in total. The van der Waals surface area contributed by atoms with E-state index >= 15 is 0 Å². The van der Waals surface area contributed by atoms with Gasteiger partial charge in [-0.15, -0.1) is 0 Å². The number of esters is 2. The summed E-state index contributed by atoms with van der Waals surface area (Å²) in [6, 6.07) is 16.9. The number of hydrogen-bond acceptors (Lipinski definition) is 17. The Kier molecular flexibility index (Phi) is 31.2. The van der Waals surface area contributed by atoms with Crippen LogP contribution in [-0.4, -0.2) is 180 Å². The number of benzene rings is 2. The Morgan fingerprint density at radius 2 is 0.651 bits per heavy atom. The van der Waals surface area contributed by atoms with Crippen molar-refractivity contribution in [1.29, 1.82) is 0 Å². The van der Waals surface area contributed by atoms with Crippen molar-refractivity contribution in [2.24, 2.45) is 11.5 Å². The van der Waals surface area contributed by atoms with Gasteiger partial charge in [-0.25, -0.2) is 0 Å². The van der Waals surface area contributed by atoms with E-state index in [-0.39, 0.29) is 52.6 Å². The largest absolute Gasteiger partial charge is 0.462 e. The Bertz CT molecular complexity index is 1450. The van der Waals surface area contributed by atoms with Gasteiger partial charge < -0.3 is 75.4 Å². The Balaban J connectivity index is 1.23. The predicted molar refractivity (Wildman–Crippen MR) is 226 cm³/mol. The molecule has 0 fully saturated rings. The fourth-order valence-electron chi connectivity index (χ4n) is 4.94. The maximum absolute atomic E-state index is 12.1. The summed E-state index contributed by atoms with van der Waals surface area (Å²) in [5.74, 6) is -3.32. The lowest BCUT2D eigenvalue weighted by atomic mass is 10.1. The lowest BCUT2D eigenvalue weighted by molar-refractivity contribution is -0.146. The highest BCUT2D eigenvalue weighted by Gasteiger charge is 2.17. The third-order valence-corrected chi connectivity index (χ3v) is 8.19. The normalized spacial score (nSPS) is 11.8. The van der Waals surface area contributed by atoms with E-state index in [0.29, 0.717) is 92.1 Å². The SMILES string of the molecule is N[C@@H](Cc1ccccc1)C(=O)NCC(=O)NCC(=O)OCCOCCOCCOCCOCCOCCOCCOCCOC(=O)CNC(=O)CNC(=O)[C@@H](N)Cc1ccccc1. The van der Waals surface area contributed by atoms with Crippen molar-refractivity contribution in [2.75, 3.05) is 132 Å². The van der Waals surface area contributed by atoms with Crippen molar-refractivity contribution in [2.45, 2.75) is 24.9 Å². The number of amides is 4. The van der Waals surface area contributed by atoms with E-state index in [1.54, 1.807) is 0 Å². The van der Waals surface area contributed by atoms with Crippen LogP contribution in [0, 0.1) is 0 Å². The molecule has 2 rings (SSSR count). The fourth-order valence-corrected chi connectivity index (χ4v) is 4.94. The minimum absolute atomic E-state index is 0.00794. The molecule has 0 aliphatic carbocycles. The zero-order chi connectivity index (χ0) is 45.6. The number of hydrogen-bond donors (Lipinski definition) is 6.